The molecule has 1 aromatic carbocycles. The average Bonchev–Trinajstić information content (AvgIpc) is 2.90. The Bertz CT molecular complexity index is 815. The van der Waals surface area contributed by atoms with Crippen LogP contribution in [0, 0.1) is 6.92 Å². The number of rotatable bonds is 2. The van der Waals surface area contributed by atoms with Crippen molar-refractivity contribution in [3.05, 3.63) is 38.7 Å². The second-order valence-electron chi connectivity index (χ2n) is 4.87. The molecule has 0 aliphatic heterocycles. The summed E-state index contributed by atoms with van der Waals surface area (Å²) in [6.07, 6.45) is 0. The Labute approximate surface area is 144 Å². The molecule has 0 saturated carbocycles. The van der Waals surface area contributed by atoms with E-state index < -0.39 is 0 Å². The van der Waals surface area contributed by atoms with Gasteiger partial charge >= 0.3 is 0 Å². The van der Waals surface area contributed by atoms with E-state index in [9.17, 15) is 0 Å². The van der Waals surface area contributed by atoms with Gasteiger partial charge in [-0.3, -0.25) is 4.57 Å². The van der Waals surface area contributed by atoms with Crippen LogP contribution in [0.15, 0.2) is 27.1 Å². The summed E-state index contributed by atoms with van der Waals surface area (Å²) in [6, 6.07) is 5.97. The highest BCUT2D eigenvalue weighted by Gasteiger charge is 2.23. The zero-order valence-corrected chi connectivity index (χ0v) is 15.7. The minimum absolute atomic E-state index is 0.212. The van der Waals surface area contributed by atoms with Crippen molar-refractivity contribution in [3.63, 3.8) is 0 Å². The van der Waals surface area contributed by atoms with Crippen molar-refractivity contribution in [3.8, 4) is 5.69 Å². The Morgan fingerprint density at radius 2 is 1.86 bits per heavy atom. The van der Waals surface area contributed by atoms with Crippen LogP contribution < -0.4 is 0 Å². The summed E-state index contributed by atoms with van der Waals surface area (Å²) in [5.41, 5.74) is 3.68. The highest BCUT2D eigenvalue weighted by molar-refractivity contribution is 9.11. The molecule has 0 amide bonds. The molecule has 7 heteroatoms. The van der Waals surface area contributed by atoms with E-state index >= 15 is 0 Å². The summed E-state index contributed by atoms with van der Waals surface area (Å²) in [7, 11) is 1.92. The van der Waals surface area contributed by atoms with E-state index in [2.05, 4.69) is 41.5 Å². The molecule has 1 atom stereocenters. The number of nitrogens with zero attached hydrogens (tertiary/aromatic N) is 4. The number of para-hydroxylation sites is 1. The number of hydrogen-bond acceptors (Lipinski definition) is 2. The van der Waals surface area contributed by atoms with Gasteiger partial charge in [0.2, 0.25) is 0 Å². The number of aryl methyl sites for hydroxylation is 2. The van der Waals surface area contributed by atoms with Crippen molar-refractivity contribution in [2.24, 2.45) is 7.05 Å². The van der Waals surface area contributed by atoms with Crippen molar-refractivity contribution < 1.29 is 0 Å². The maximum Gasteiger partial charge on any atom is 0.163 e. The second kappa shape index (κ2) is 5.41. The third kappa shape index (κ3) is 2.33. The van der Waals surface area contributed by atoms with E-state index in [-0.39, 0.29) is 5.38 Å². The predicted octanol–water partition coefficient (Wildman–Crippen LogP) is 4.89. The lowest BCUT2D eigenvalue weighted by Gasteiger charge is -2.14. The van der Waals surface area contributed by atoms with E-state index in [0.717, 1.165) is 37.3 Å². The van der Waals surface area contributed by atoms with E-state index in [1.54, 1.807) is 0 Å². The molecule has 0 N–H and O–H groups in total. The van der Waals surface area contributed by atoms with Gasteiger partial charge < -0.3 is 0 Å². The van der Waals surface area contributed by atoms with Gasteiger partial charge in [0.1, 0.15) is 11.3 Å². The molecule has 0 bridgehead atoms. The molecule has 0 spiro atoms. The quantitative estimate of drug-likeness (QED) is 0.541. The molecule has 0 radical (unpaired) electrons. The summed E-state index contributed by atoms with van der Waals surface area (Å²) in [5.74, 6) is 0.801. The lowest BCUT2D eigenvalue weighted by molar-refractivity contribution is 0.747. The monoisotopic (exact) mass is 430 g/mol. The molecule has 2 aromatic heterocycles. The van der Waals surface area contributed by atoms with Gasteiger partial charge in [0.25, 0.3) is 0 Å². The Morgan fingerprint density at radius 1 is 1.24 bits per heavy atom. The summed E-state index contributed by atoms with van der Waals surface area (Å²) in [4.78, 5) is 4.70. The molecule has 3 rings (SSSR count). The Kier molecular flexibility index (Phi) is 3.88. The van der Waals surface area contributed by atoms with Crippen LogP contribution in [0.1, 0.15) is 23.8 Å². The molecule has 2 heterocycles. The van der Waals surface area contributed by atoms with Gasteiger partial charge in [0.05, 0.1) is 16.8 Å². The third-order valence-corrected chi connectivity index (χ3v) is 4.82. The molecule has 1 unspecified atom stereocenters. The van der Waals surface area contributed by atoms with Crippen molar-refractivity contribution >= 4 is 54.6 Å². The van der Waals surface area contributed by atoms with Gasteiger partial charge in [-0.05, 0) is 57.8 Å². The highest BCUT2D eigenvalue weighted by Crippen LogP contribution is 2.36. The summed E-state index contributed by atoms with van der Waals surface area (Å²) < 4.78 is 5.83. The fraction of sp³-hybridized carbons (Fsp3) is 0.286. The molecule has 0 fully saturated rings. The Hall–Kier alpha value is -0.850. The van der Waals surface area contributed by atoms with Crippen LogP contribution in [0.2, 0.25) is 0 Å². The second-order valence-corrected chi connectivity index (χ2v) is 7.24. The molecular formula is C14H13Br2ClN4. The predicted molar refractivity (Wildman–Crippen MR) is 92.2 cm³/mol. The molecule has 21 heavy (non-hydrogen) atoms. The van der Waals surface area contributed by atoms with Crippen molar-refractivity contribution in [2.75, 3.05) is 0 Å². The molecule has 3 aromatic rings. The summed E-state index contributed by atoms with van der Waals surface area (Å²) in [6.45, 7) is 3.88. The number of aromatic nitrogens is 4. The van der Waals surface area contributed by atoms with Crippen LogP contribution in [0.4, 0.5) is 0 Å². The zero-order chi connectivity index (χ0) is 15.3. The number of hydrogen-bond donors (Lipinski definition) is 0. The van der Waals surface area contributed by atoms with Gasteiger partial charge in [0.15, 0.2) is 5.65 Å². The SMILES string of the molecule is Cc1nn(C)c2c1nc(C(C)Cl)n2-c1c(Br)cccc1Br. The summed E-state index contributed by atoms with van der Waals surface area (Å²) in [5, 5.41) is 4.24. The highest BCUT2D eigenvalue weighted by atomic mass is 79.9. The number of alkyl halides is 1. The van der Waals surface area contributed by atoms with Crippen LogP contribution in [0.5, 0.6) is 0 Å². The largest absolute Gasteiger partial charge is 0.277 e. The Morgan fingerprint density at radius 3 is 2.43 bits per heavy atom. The van der Waals surface area contributed by atoms with Crippen LogP contribution >= 0.6 is 43.5 Å². The number of halogens is 3. The average molecular weight is 433 g/mol. The molecule has 0 aliphatic carbocycles. The molecular weight excluding hydrogens is 419 g/mol. The standard InChI is InChI=1S/C14H13Br2ClN4/c1-7(17)13-18-11-8(2)19-20(3)14(11)21(13)12-9(15)5-4-6-10(12)16/h4-7H,1-3H3. The molecule has 4 nitrogen and oxygen atoms in total. The van der Waals surface area contributed by atoms with E-state index in [1.807, 2.05) is 43.8 Å². The van der Waals surface area contributed by atoms with Gasteiger partial charge in [-0.15, -0.1) is 11.6 Å². The smallest absolute Gasteiger partial charge is 0.163 e. The first kappa shape index (κ1) is 15.1. The fourth-order valence-electron chi connectivity index (χ4n) is 2.48. The van der Waals surface area contributed by atoms with Crippen LogP contribution in [-0.2, 0) is 7.05 Å². The number of benzene rings is 1. The lowest BCUT2D eigenvalue weighted by atomic mass is 10.3. The number of imidazole rings is 1. The molecule has 0 saturated heterocycles. The molecule has 110 valence electrons. The normalized spacial score (nSPS) is 13.0. The van der Waals surface area contributed by atoms with Crippen LogP contribution in [0.25, 0.3) is 16.9 Å². The van der Waals surface area contributed by atoms with E-state index in [1.165, 1.54) is 0 Å². The lowest BCUT2D eigenvalue weighted by Crippen LogP contribution is -2.07. The zero-order valence-electron chi connectivity index (χ0n) is 11.7. The maximum atomic E-state index is 6.35. The first-order valence-corrected chi connectivity index (χ1v) is 8.44. The van der Waals surface area contributed by atoms with Gasteiger partial charge in [-0.2, -0.15) is 5.10 Å². The summed E-state index contributed by atoms with van der Waals surface area (Å²) >= 11 is 13.6. The minimum Gasteiger partial charge on any atom is -0.277 e. The number of fused-ring (bicyclic) bond motifs is 1. The van der Waals surface area contributed by atoms with Gasteiger partial charge in [-0.1, -0.05) is 6.07 Å². The Balaban J connectivity index is 2.48. The van der Waals surface area contributed by atoms with Crippen molar-refractivity contribution in [1.29, 1.82) is 0 Å². The first-order chi connectivity index (χ1) is 9.91. The van der Waals surface area contributed by atoms with Crippen LogP contribution in [0.3, 0.4) is 0 Å². The van der Waals surface area contributed by atoms with Crippen LogP contribution in [-0.4, -0.2) is 19.3 Å². The minimum atomic E-state index is -0.212. The third-order valence-electron chi connectivity index (χ3n) is 3.35. The maximum absolute atomic E-state index is 6.35. The van der Waals surface area contributed by atoms with Crippen molar-refractivity contribution in [1.82, 2.24) is 19.3 Å². The van der Waals surface area contributed by atoms with Gasteiger partial charge in [0, 0.05) is 16.0 Å². The fourth-order valence-corrected chi connectivity index (χ4v) is 3.98. The van der Waals surface area contributed by atoms with Gasteiger partial charge in [-0.25, -0.2) is 9.67 Å². The first-order valence-electron chi connectivity index (χ1n) is 6.42. The molecule has 0 aliphatic rings. The van der Waals surface area contributed by atoms with Crippen molar-refractivity contribution in [2.45, 2.75) is 19.2 Å². The van der Waals surface area contributed by atoms with E-state index in [4.69, 9.17) is 16.6 Å². The topological polar surface area (TPSA) is 35.6 Å². The van der Waals surface area contributed by atoms with E-state index in [0.29, 0.717) is 0 Å².